The van der Waals surface area contributed by atoms with E-state index >= 15 is 0 Å². The summed E-state index contributed by atoms with van der Waals surface area (Å²) in [7, 11) is 1.63. The topological polar surface area (TPSA) is 60.2 Å². The third kappa shape index (κ3) is 3.71. The maximum absolute atomic E-state index is 5.69. The molecule has 0 aliphatic carbocycles. The molecule has 118 valence electrons. The van der Waals surface area contributed by atoms with Crippen LogP contribution in [0.25, 0.3) is 11.5 Å². The molecule has 3 rings (SSSR count). The number of nitrogens with one attached hydrogen (secondary N) is 1. The van der Waals surface area contributed by atoms with E-state index in [2.05, 4.69) is 31.4 Å². The second-order valence-electron chi connectivity index (χ2n) is 5.05. The molecule has 0 bridgehead atoms. The molecule has 0 aliphatic rings. The molecule has 2 aromatic carbocycles. The molecule has 0 atom stereocenters. The molecule has 0 fully saturated rings. The van der Waals surface area contributed by atoms with Crippen LogP contribution in [0.3, 0.4) is 0 Å². The number of methoxy groups -OCH3 is 1. The van der Waals surface area contributed by atoms with E-state index in [4.69, 9.17) is 9.15 Å². The number of aromatic nitrogens is 2. The average Bonchev–Trinajstić information content (AvgIpc) is 3.05. The smallest absolute Gasteiger partial charge is 0.247 e. The first kappa shape index (κ1) is 15.6. The number of hydrogen-bond acceptors (Lipinski definition) is 5. The number of aryl methyl sites for hydroxylation is 1. The second-order valence-corrected chi connectivity index (χ2v) is 5.90. The van der Waals surface area contributed by atoms with Gasteiger partial charge in [-0.1, -0.05) is 28.1 Å². The first-order chi connectivity index (χ1) is 11.2. The summed E-state index contributed by atoms with van der Waals surface area (Å²) >= 11 is 3.52. The van der Waals surface area contributed by atoms with Gasteiger partial charge in [-0.2, -0.15) is 0 Å². The molecule has 0 saturated heterocycles. The molecule has 1 N–H and O–H groups in total. The summed E-state index contributed by atoms with van der Waals surface area (Å²) in [5, 5.41) is 11.4. The minimum absolute atomic E-state index is 0.465. The lowest BCUT2D eigenvalue weighted by atomic mass is 10.2. The average molecular weight is 374 g/mol. The van der Waals surface area contributed by atoms with E-state index in [1.807, 2.05) is 49.4 Å². The van der Waals surface area contributed by atoms with E-state index in [-0.39, 0.29) is 0 Å². The fraction of sp³-hybridized carbons (Fsp3) is 0.176. The molecule has 0 spiro atoms. The van der Waals surface area contributed by atoms with E-state index in [0.717, 1.165) is 21.5 Å². The summed E-state index contributed by atoms with van der Waals surface area (Å²) in [6, 6.07) is 13.6. The van der Waals surface area contributed by atoms with Gasteiger partial charge in [-0.25, -0.2) is 0 Å². The van der Waals surface area contributed by atoms with Crippen LogP contribution in [0.4, 0.5) is 5.69 Å². The fourth-order valence-electron chi connectivity index (χ4n) is 2.08. The molecule has 0 radical (unpaired) electrons. The molecular weight excluding hydrogens is 358 g/mol. The molecule has 6 heteroatoms. The maximum atomic E-state index is 5.69. The van der Waals surface area contributed by atoms with Gasteiger partial charge in [0.1, 0.15) is 5.75 Å². The van der Waals surface area contributed by atoms with Gasteiger partial charge in [-0.15, -0.1) is 10.2 Å². The van der Waals surface area contributed by atoms with Crippen LogP contribution in [0.5, 0.6) is 5.75 Å². The summed E-state index contributed by atoms with van der Waals surface area (Å²) < 4.78 is 12.0. The molecule has 3 aromatic rings. The molecule has 0 unspecified atom stereocenters. The quantitative estimate of drug-likeness (QED) is 0.716. The Kier molecular flexibility index (Phi) is 4.62. The number of anilines is 1. The second kappa shape index (κ2) is 6.83. The van der Waals surface area contributed by atoms with Crippen molar-refractivity contribution in [2.75, 3.05) is 12.4 Å². The van der Waals surface area contributed by atoms with Gasteiger partial charge in [0.2, 0.25) is 11.8 Å². The first-order valence-corrected chi connectivity index (χ1v) is 7.92. The predicted octanol–water partition coefficient (Wildman–Crippen LogP) is 4.43. The normalized spacial score (nSPS) is 10.6. The van der Waals surface area contributed by atoms with Gasteiger partial charge >= 0.3 is 0 Å². The van der Waals surface area contributed by atoms with Crippen LogP contribution >= 0.6 is 15.9 Å². The third-order valence-corrected chi connectivity index (χ3v) is 4.25. The lowest BCUT2D eigenvalue weighted by molar-refractivity contribution is 0.414. The van der Waals surface area contributed by atoms with Gasteiger partial charge in [0.15, 0.2) is 0 Å². The summed E-state index contributed by atoms with van der Waals surface area (Å²) in [4.78, 5) is 0. The summed E-state index contributed by atoms with van der Waals surface area (Å²) in [6.45, 7) is 2.51. The standard InChI is InChI=1S/C17H16BrN3O2/c1-11-6-7-13(9-15(11)18)19-10-16-20-21-17(23-16)12-4-3-5-14(8-12)22-2/h3-9,19H,10H2,1-2H3. The number of halogens is 1. The van der Waals surface area contributed by atoms with Gasteiger partial charge in [-0.3, -0.25) is 0 Å². The molecule has 0 aliphatic heterocycles. The number of benzene rings is 2. The van der Waals surface area contributed by atoms with E-state index in [1.165, 1.54) is 5.56 Å². The van der Waals surface area contributed by atoms with Crippen molar-refractivity contribution in [3.8, 4) is 17.2 Å². The Morgan fingerprint density at radius 3 is 2.83 bits per heavy atom. The summed E-state index contributed by atoms with van der Waals surface area (Å²) in [6.07, 6.45) is 0. The monoisotopic (exact) mass is 373 g/mol. The lowest BCUT2D eigenvalue weighted by Gasteiger charge is -2.05. The van der Waals surface area contributed by atoms with E-state index < -0.39 is 0 Å². The highest BCUT2D eigenvalue weighted by Crippen LogP contribution is 2.24. The number of rotatable bonds is 5. The van der Waals surface area contributed by atoms with E-state index in [0.29, 0.717) is 18.3 Å². The number of nitrogens with zero attached hydrogens (tertiary/aromatic N) is 2. The van der Waals surface area contributed by atoms with Gasteiger partial charge in [0, 0.05) is 15.7 Å². The molecule has 1 heterocycles. The molecule has 5 nitrogen and oxygen atoms in total. The Bertz CT molecular complexity index is 817. The maximum Gasteiger partial charge on any atom is 0.247 e. The minimum atomic E-state index is 0.465. The van der Waals surface area contributed by atoms with Crippen molar-refractivity contribution < 1.29 is 9.15 Å². The highest BCUT2D eigenvalue weighted by atomic mass is 79.9. The Balaban J connectivity index is 1.70. The predicted molar refractivity (Wildman–Crippen MR) is 92.5 cm³/mol. The van der Waals surface area contributed by atoms with Gasteiger partial charge in [0.05, 0.1) is 13.7 Å². The largest absolute Gasteiger partial charge is 0.497 e. The summed E-state index contributed by atoms with van der Waals surface area (Å²) in [5.41, 5.74) is 3.01. The molecule has 0 amide bonds. The van der Waals surface area contributed by atoms with Crippen molar-refractivity contribution in [1.29, 1.82) is 0 Å². The van der Waals surface area contributed by atoms with Crippen LogP contribution in [-0.4, -0.2) is 17.3 Å². The Morgan fingerprint density at radius 2 is 2.04 bits per heavy atom. The third-order valence-electron chi connectivity index (χ3n) is 3.40. The van der Waals surface area contributed by atoms with Crippen molar-refractivity contribution in [2.24, 2.45) is 0 Å². The van der Waals surface area contributed by atoms with Crippen LogP contribution in [0.15, 0.2) is 51.4 Å². The van der Waals surface area contributed by atoms with E-state index in [9.17, 15) is 0 Å². The van der Waals surface area contributed by atoms with Crippen LogP contribution in [0, 0.1) is 6.92 Å². The Labute approximate surface area is 142 Å². The highest BCUT2D eigenvalue weighted by Gasteiger charge is 2.09. The first-order valence-electron chi connectivity index (χ1n) is 7.12. The van der Waals surface area contributed by atoms with Crippen LogP contribution < -0.4 is 10.1 Å². The van der Waals surface area contributed by atoms with Gasteiger partial charge < -0.3 is 14.5 Å². The zero-order valence-electron chi connectivity index (χ0n) is 12.8. The fourth-order valence-corrected chi connectivity index (χ4v) is 2.46. The zero-order chi connectivity index (χ0) is 16.2. The zero-order valence-corrected chi connectivity index (χ0v) is 14.4. The number of ether oxygens (including phenoxy) is 1. The molecular formula is C17H16BrN3O2. The van der Waals surface area contributed by atoms with Crippen molar-refractivity contribution >= 4 is 21.6 Å². The minimum Gasteiger partial charge on any atom is -0.497 e. The van der Waals surface area contributed by atoms with Crippen molar-refractivity contribution in [1.82, 2.24) is 10.2 Å². The van der Waals surface area contributed by atoms with Crippen molar-refractivity contribution in [2.45, 2.75) is 13.5 Å². The van der Waals surface area contributed by atoms with Crippen molar-refractivity contribution in [3.63, 3.8) is 0 Å². The number of hydrogen-bond donors (Lipinski definition) is 1. The molecule has 0 saturated carbocycles. The van der Waals surface area contributed by atoms with E-state index in [1.54, 1.807) is 7.11 Å². The van der Waals surface area contributed by atoms with Gasteiger partial charge in [-0.05, 0) is 42.8 Å². The van der Waals surface area contributed by atoms with Crippen LogP contribution in [0.1, 0.15) is 11.5 Å². The summed E-state index contributed by atoms with van der Waals surface area (Å²) in [5.74, 6) is 1.76. The van der Waals surface area contributed by atoms with Crippen LogP contribution in [-0.2, 0) is 6.54 Å². The van der Waals surface area contributed by atoms with Crippen LogP contribution in [0.2, 0.25) is 0 Å². The Hall–Kier alpha value is -2.34. The van der Waals surface area contributed by atoms with Gasteiger partial charge in [0.25, 0.3) is 0 Å². The highest BCUT2D eigenvalue weighted by molar-refractivity contribution is 9.10. The SMILES string of the molecule is COc1cccc(-c2nnc(CNc3ccc(C)c(Br)c3)o2)c1. The molecule has 1 aromatic heterocycles. The Morgan fingerprint density at radius 1 is 1.17 bits per heavy atom. The lowest BCUT2D eigenvalue weighted by Crippen LogP contribution is -1.99. The molecule has 23 heavy (non-hydrogen) atoms. The van der Waals surface area contributed by atoms with Crippen molar-refractivity contribution in [3.05, 3.63) is 58.4 Å².